The normalized spacial score (nSPS) is 19.8. The monoisotopic (exact) mass is 449 g/mol. The Morgan fingerprint density at radius 1 is 1.27 bits per heavy atom. The highest BCUT2D eigenvalue weighted by molar-refractivity contribution is 7.08. The van der Waals surface area contributed by atoms with Crippen LogP contribution in [0.1, 0.15) is 36.3 Å². The molecule has 2 aromatic rings. The third kappa shape index (κ3) is 3.28. The van der Waals surface area contributed by atoms with Gasteiger partial charge in [-0.3, -0.25) is 9.69 Å². The van der Waals surface area contributed by atoms with Crippen molar-refractivity contribution >= 4 is 34.4 Å². The molecule has 9 heteroatoms. The van der Waals surface area contributed by atoms with E-state index in [1.807, 2.05) is 16.8 Å². The standard InChI is InChI=1S/C21H15ClF3N3OS/c22-14-5-4-12(21(23,24)25)8-16(14)28-15-2-1-3-17(29)19(15)18(11-6-7-30-10-11)13(9-26)20(28)27/h4-8,10,18H,1-3,27H2. The van der Waals surface area contributed by atoms with E-state index in [1.165, 1.54) is 16.2 Å². The van der Waals surface area contributed by atoms with Gasteiger partial charge in [0.25, 0.3) is 0 Å². The molecule has 0 radical (unpaired) electrons. The predicted molar refractivity (Wildman–Crippen MR) is 109 cm³/mol. The largest absolute Gasteiger partial charge is 0.416 e. The zero-order valence-electron chi connectivity index (χ0n) is 15.5. The zero-order valence-corrected chi connectivity index (χ0v) is 17.0. The molecule has 1 atom stereocenters. The number of thiophene rings is 1. The molecule has 2 N–H and O–H groups in total. The van der Waals surface area contributed by atoms with E-state index >= 15 is 0 Å². The van der Waals surface area contributed by atoms with Gasteiger partial charge >= 0.3 is 6.18 Å². The fourth-order valence-electron chi connectivity index (χ4n) is 3.99. The van der Waals surface area contributed by atoms with Crippen LogP contribution in [0.2, 0.25) is 5.02 Å². The van der Waals surface area contributed by atoms with Gasteiger partial charge in [0, 0.05) is 17.7 Å². The van der Waals surface area contributed by atoms with Gasteiger partial charge in [-0.05, 0) is 53.4 Å². The Balaban J connectivity index is 1.99. The van der Waals surface area contributed by atoms with Gasteiger partial charge in [-0.15, -0.1) is 0 Å². The number of nitrogens with two attached hydrogens (primary N) is 1. The van der Waals surface area contributed by atoms with E-state index in [-0.39, 0.29) is 27.9 Å². The topological polar surface area (TPSA) is 70.1 Å². The minimum absolute atomic E-state index is 0.00251. The minimum Gasteiger partial charge on any atom is -0.384 e. The van der Waals surface area contributed by atoms with Crippen LogP contribution in [-0.4, -0.2) is 5.78 Å². The van der Waals surface area contributed by atoms with Crippen molar-refractivity contribution in [3.8, 4) is 6.07 Å². The number of nitrogens with zero attached hydrogens (tertiary/aromatic N) is 2. The summed E-state index contributed by atoms with van der Waals surface area (Å²) >= 11 is 7.69. The van der Waals surface area contributed by atoms with E-state index in [0.29, 0.717) is 30.5 Å². The summed E-state index contributed by atoms with van der Waals surface area (Å²) in [7, 11) is 0. The van der Waals surface area contributed by atoms with Crippen LogP contribution in [0.25, 0.3) is 0 Å². The number of benzene rings is 1. The van der Waals surface area contributed by atoms with Crippen molar-refractivity contribution < 1.29 is 18.0 Å². The number of halogens is 4. The minimum atomic E-state index is -4.58. The van der Waals surface area contributed by atoms with Gasteiger partial charge in [-0.25, -0.2) is 0 Å². The Bertz CT molecular complexity index is 1130. The number of anilines is 1. The molecule has 0 saturated carbocycles. The number of nitriles is 1. The molecule has 0 fully saturated rings. The zero-order chi connectivity index (χ0) is 21.6. The molecule has 4 nitrogen and oxygen atoms in total. The summed E-state index contributed by atoms with van der Waals surface area (Å²) in [6.45, 7) is 0. The van der Waals surface area contributed by atoms with Crippen molar-refractivity contribution in [2.75, 3.05) is 4.90 Å². The first-order valence-corrected chi connectivity index (χ1v) is 10.4. The second-order valence-corrected chi connectivity index (χ2v) is 8.22. The molecule has 1 aliphatic heterocycles. The molecular weight excluding hydrogens is 435 g/mol. The molecular formula is C21H15ClF3N3OS. The van der Waals surface area contributed by atoms with Crippen LogP contribution >= 0.6 is 22.9 Å². The molecule has 0 saturated heterocycles. The summed E-state index contributed by atoms with van der Waals surface area (Å²) in [6, 6.07) is 6.83. The summed E-state index contributed by atoms with van der Waals surface area (Å²) in [5.74, 6) is -0.783. The fourth-order valence-corrected chi connectivity index (χ4v) is 4.88. The van der Waals surface area contributed by atoms with Crippen LogP contribution in [0.15, 0.2) is 57.7 Å². The van der Waals surface area contributed by atoms with E-state index in [9.17, 15) is 23.2 Å². The molecule has 1 aromatic carbocycles. The maximum absolute atomic E-state index is 13.3. The number of hydrogen-bond acceptors (Lipinski definition) is 5. The Morgan fingerprint density at radius 2 is 2.03 bits per heavy atom. The van der Waals surface area contributed by atoms with Crippen LogP contribution < -0.4 is 10.6 Å². The maximum atomic E-state index is 13.3. The highest BCUT2D eigenvalue weighted by Gasteiger charge is 2.41. The Morgan fingerprint density at radius 3 is 2.67 bits per heavy atom. The second-order valence-electron chi connectivity index (χ2n) is 7.04. The van der Waals surface area contributed by atoms with Crippen LogP contribution in [0.3, 0.4) is 0 Å². The number of ketones is 1. The van der Waals surface area contributed by atoms with Crippen molar-refractivity contribution in [1.82, 2.24) is 0 Å². The Hall–Kier alpha value is -2.76. The molecule has 0 amide bonds. The number of hydrogen-bond donors (Lipinski definition) is 1. The van der Waals surface area contributed by atoms with Gasteiger partial charge in [0.1, 0.15) is 5.82 Å². The summed E-state index contributed by atoms with van der Waals surface area (Å²) in [5.41, 5.74) is 7.24. The summed E-state index contributed by atoms with van der Waals surface area (Å²) in [5, 5.41) is 13.6. The number of carbonyl (C=O) groups excluding carboxylic acids is 1. The van der Waals surface area contributed by atoms with Gasteiger partial charge in [-0.1, -0.05) is 11.6 Å². The van der Waals surface area contributed by atoms with Gasteiger partial charge in [0.15, 0.2) is 5.78 Å². The van der Waals surface area contributed by atoms with Crippen LogP contribution in [0.4, 0.5) is 18.9 Å². The van der Waals surface area contributed by atoms with Crippen molar-refractivity contribution in [3.63, 3.8) is 0 Å². The van der Waals surface area contributed by atoms with Crippen molar-refractivity contribution in [1.29, 1.82) is 5.26 Å². The molecule has 30 heavy (non-hydrogen) atoms. The number of allylic oxidation sites excluding steroid dienone is 3. The molecule has 1 aliphatic carbocycles. The first-order chi connectivity index (χ1) is 14.2. The fraction of sp³-hybridized carbons (Fsp3) is 0.238. The SMILES string of the molecule is N#CC1=C(N)N(c2cc(C(F)(F)F)ccc2Cl)C2=C(C(=O)CCC2)C1c1ccsc1. The lowest BCUT2D eigenvalue weighted by Crippen LogP contribution is -2.38. The van der Waals surface area contributed by atoms with E-state index < -0.39 is 17.7 Å². The van der Waals surface area contributed by atoms with Crippen LogP contribution in [0, 0.1) is 11.3 Å². The van der Waals surface area contributed by atoms with E-state index in [1.54, 1.807) is 0 Å². The van der Waals surface area contributed by atoms with Crippen LogP contribution in [-0.2, 0) is 11.0 Å². The van der Waals surface area contributed by atoms with Gasteiger partial charge < -0.3 is 5.73 Å². The highest BCUT2D eigenvalue weighted by atomic mass is 35.5. The number of alkyl halides is 3. The number of Topliss-reactive ketones (excluding diaryl/α,β-unsaturated/α-hetero) is 1. The third-order valence-electron chi connectivity index (χ3n) is 5.30. The van der Waals surface area contributed by atoms with Gasteiger partial charge in [-0.2, -0.15) is 29.8 Å². The molecule has 1 aromatic heterocycles. The van der Waals surface area contributed by atoms with Crippen molar-refractivity contribution in [2.24, 2.45) is 5.73 Å². The van der Waals surface area contributed by atoms with E-state index in [4.69, 9.17) is 17.3 Å². The number of rotatable bonds is 2. The average molecular weight is 450 g/mol. The predicted octanol–water partition coefficient (Wildman–Crippen LogP) is 5.73. The smallest absolute Gasteiger partial charge is 0.384 e. The molecule has 0 bridgehead atoms. The van der Waals surface area contributed by atoms with E-state index in [2.05, 4.69) is 6.07 Å². The first kappa shape index (κ1) is 20.5. The third-order valence-corrected chi connectivity index (χ3v) is 6.33. The first-order valence-electron chi connectivity index (χ1n) is 9.09. The van der Waals surface area contributed by atoms with Gasteiger partial charge in [0.2, 0.25) is 0 Å². The summed E-state index contributed by atoms with van der Waals surface area (Å²) in [6.07, 6.45) is -3.29. The van der Waals surface area contributed by atoms with Gasteiger partial charge in [0.05, 0.1) is 33.8 Å². The Labute approximate surface area is 179 Å². The summed E-state index contributed by atoms with van der Waals surface area (Å²) < 4.78 is 40.0. The van der Waals surface area contributed by atoms with Crippen molar-refractivity contribution in [3.05, 3.63) is 73.8 Å². The molecule has 1 unspecified atom stereocenters. The lowest BCUT2D eigenvalue weighted by atomic mass is 9.76. The highest BCUT2D eigenvalue weighted by Crippen LogP contribution is 2.48. The van der Waals surface area contributed by atoms with Crippen LogP contribution in [0.5, 0.6) is 0 Å². The summed E-state index contributed by atoms with van der Waals surface area (Å²) in [4.78, 5) is 14.3. The quantitative estimate of drug-likeness (QED) is 0.636. The molecule has 0 spiro atoms. The van der Waals surface area contributed by atoms with Crippen molar-refractivity contribution in [2.45, 2.75) is 31.4 Å². The molecule has 154 valence electrons. The number of carbonyl (C=O) groups is 1. The lowest BCUT2D eigenvalue weighted by molar-refractivity contribution is -0.137. The maximum Gasteiger partial charge on any atom is 0.416 e. The second kappa shape index (κ2) is 7.49. The Kier molecular flexibility index (Phi) is 5.12. The molecule has 4 rings (SSSR count). The lowest BCUT2D eigenvalue weighted by Gasteiger charge is -2.39. The average Bonchev–Trinajstić information content (AvgIpc) is 3.22. The molecule has 2 heterocycles. The molecule has 2 aliphatic rings. The van der Waals surface area contributed by atoms with E-state index in [0.717, 1.165) is 23.8 Å².